The predicted molar refractivity (Wildman–Crippen MR) is 128 cm³/mol. The molecule has 8 heteroatoms. The van der Waals surface area contributed by atoms with E-state index >= 15 is 0 Å². The molecule has 0 radical (unpaired) electrons. The molecule has 2 aromatic carbocycles. The second-order valence-corrected chi connectivity index (χ2v) is 7.43. The zero-order chi connectivity index (χ0) is 24.1. The summed E-state index contributed by atoms with van der Waals surface area (Å²) in [7, 11) is 1.45. The first-order chi connectivity index (χ1) is 16.5. The van der Waals surface area contributed by atoms with Gasteiger partial charge in [0.05, 0.1) is 30.3 Å². The predicted octanol–water partition coefficient (Wildman–Crippen LogP) is 5.10. The molecule has 0 aliphatic carbocycles. The SMILES string of the molecule is COc1ccc(C(=O)Nc2ccc(-c3ccccc3F)nc2)cc1C(=O)Nc1ccncc1C. The van der Waals surface area contributed by atoms with Gasteiger partial charge < -0.3 is 15.4 Å². The summed E-state index contributed by atoms with van der Waals surface area (Å²) in [4.78, 5) is 34.0. The molecule has 4 rings (SSSR count). The maximum Gasteiger partial charge on any atom is 0.259 e. The van der Waals surface area contributed by atoms with E-state index in [0.717, 1.165) is 5.56 Å². The number of halogens is 1. The van der Waals surface area contributed by atoms with E-state index in [1.165, 1.54) is 25.4 Å². The van der Waals surface area contributed by atoms with Crippen LogP contribution in [-0.2, 0) is 0 Å². The lowest BCUT2D eigenvalue weighted by atomic mass is 10.1. The molecule has 0 bridgehead atoms. The summed E-state index contributed by atoms with van der Waals surface area (Å²) < 4.78 is 19.3. The number of carbonyl (C=O) groups is 2. The number of hydrogen-bond acceptors (Lipinski definition) is 5. The summed E-state index contributed by atoms with van der Waals surface area (Å²) in [6, 6.07) is 15.8. The fourth-order valence-corrected chi connectivity index (χ4v) is 3.33. The topological polar surface area (TPSA) is 93.2 Å². The number of amides is 2. The summed E-state index contributed by atoms with van der Waals surface area (Å²) in [6.45, 7) is 1.83. The lowest BCUT2D eigenvalue weighted by Crippen LogP contribution is -2.17. The first-order valence-corrected chi connectivity index (χ1v) is 10.4. The Morgan fingerprint density at radius 2 is 1.76 bits per heavy atom. The lowest BCUT2D eigenvalue weighted by molar-refractivity contribution is 0.102. The molecule has 0 saturated carbocycles. The number of aromatic nitrogens is 2. The summed E-state index contributed by atoms with van der Waals surface area (Å²) in [5.41, 5.74) is 3.13. The second kappa shape index (κ2) is 9.91. The average molecular weight is 456 g/mol. The van der Waals surface area contributed by atoms with Crippen molar-refractivity contribution in [3.8, 4) is 17.0 Å². The van der Waals surface area contributed by atoms with Crippen molar-refractivity contribution in [2.45, 2.75) is 6.92 Å². The zero-order valence-corrected chi connectivity index (χ0v) is 18.5. The Kier molecular flexibility index (Phi) is 6.59. The highest BCUT2D eigenvalue weighted by atomic mass is 19.1. The Morgan fingerprint density at radius 3 is 2.47 bits per heavy atom. The third-order valence-electron chi connectivity index (χ3n) is 5.15. The van der Waals surface area contributed by atoms with Crippen LogP contribution in [0.4, 0.5) is 15.8 Å². The highest BCUT2D eigenvalue weighted by Gasteiger charge is 2.17. The van der Waals surface area contributed by atoms with Crippen LogP contribution in [0, 0.1) is 12.7 Å². The number of ether oxygens (including phenoxy) is 1. The number of carbonyl (C=O) groups excluding carboxylic acids is 2. The molecule has 2 aromatic heterocycles. The minimum absolute atomic E-state index is 0.208. The minimum atomic E-state index is -0.433. The maximum absolute atomic E-state index is 14.0. The van der Waals surface area contributed by atoms with Crippen LogP contribution in [0.2, 0.25) is 0 Å². The van der Waals surface area contributed by atoms with Gasteiger partial charge in [-0.3, -0.25) is 19.6 Å². The van der Waals surface area contributed by atoms with Crippen LogP contribution in [0.15, 0.2) is 79.3 Å². The fraction of sp³-hybridized carbons (Fsp3) is 0.0769. The Bertz CT molecular complexity index is 1360. The van der Waals surface area contributed by atoms with Gasteiger partial charge in [-0.1, -0.05) is 12.1 Å². The number of hydrogen-bond donors (Lipinski definition) is 2. The number of benzene rings is 2. The number of aryl methyl sites for hydroxylation is 1. The van der Waals surface area contributed by atoms with Crippen LogP contribution in [0.25, 0.3) is 11.3 Å². The minimum Gasteiger partial charge on any atom is -0.496 e. The fourth-order valence-electron chi connectivity index (χ4n) is 3.33. The van der Waals surface area contributed by atoms with Crippen molar-refractivity contribution < 1.29 is 18.7 Å². The number of rotatable bonds is 6. The van der Waals surface area contributed by atoms with Gasteiger partial charge in [0, 0.05) is 29.2 Å². The number of methoxy groups -OCH3 is 1. The van der Waals surface area contributed by atoms with Gasteiger partial charge >= 0.3 is 0 Å². The van der Waals surface area contributed by atoms with Crippen molar-refractivity contribution >= 4 is 23.2 Å². The van der Waals surface area contributed by atoms with Crippen molar-refractivity contribution in [2.75, 3.05) is 17.7 Å². The molecule has 34 heavy (non-hydrogen) atoms. The Labute approximate surface area is 195 Å². The summed E-state index contributed by atoms with van der Waals surface area (Å²) in [5, 5.41) is 5.55. The van der Waals surface area contributed by atoms with Gasteiger partial charge in [0.25, 0.3) is 11.8 Å². The average Bonchev–Trinajstić information content (AvgIpc) is 2.86. The molecule has 2 amide bonds. The van der Waals surface area contributed by atoms with Gasteiger partial charge in [-0.2, -0.15) is 0 Å². The Balaban J connectivity index is 1.53. The van der Waals surface area contributed by atoms with E-state index < -0.39 is 11.8 Å². The van der Waals surface area contributed by atoms with Crippen molar-refractivity contribution in [1.29, 1.82) is 0 Å². The van der Waals surface area contributed by atoms with E-state index in [9.17, 15) is 14.0 Å². The molecule has 0 aliphatic heterocycles. The standard InChI is InChI=1S/C26H21FN4O3/c1-16-14-28-12-11-22(16)31-26(33)20-13-17(7-10-24(20)34-2)25(32)30-18-8-9-23(29-15-18)19-5-3-4-6-21(19)27/h3-15H,1-2H3,(H,30,32)(H,28,31,33). The van der Waals surface area contributed by atoms with Gasteiger partial charge in [-0.05, 0) is 61.0 Å². The molecule has 0 unspecified atom stereocenters. The summed E-state index contributed by atoms with van der Waals surface area (Å²) in [5.74, 6) is -0.900. The van der Waals surface area contributed by atoms with E-state index in [1.807, 2.05) is 6.92 Å². The van der Waals surface area contributed by atoms with Crippen LogP contribution >= 0.6 is 0 Å². The van der Waals surface area contributed by atoms with Crippen molar-refractivity contribution in [2.24, 2.45) is 0 Å². The first-order valence-electron chi connectivity index (χ1n) is 10.4. The van der Waals surface area contributed by atoms with Crippen molar-refractivity contribution in [3.63, 3.8) is 0 Å². The monoisotopic (exact) mass is 456 g/mol. The lowest BCUT2D eigenvalue weighted by Gasteiger charge is -2.13. The molecule has 4 aromatic rings. The van der Waals surface area contributed by atoms with Crippen molar-refractivity contribution in [3.05, 3.63) is 102 Å². The smallest absolute Gasteiger partial charge is 0.259 e. The van der Waals surface area contributed by atoms with Crippen molar-refractivity contribution in [1.82, 2.24) is 9.97 Å². The van der Waals surface area contributed by atoms with Crippen LogP contribution in [0.1, 0.15) is 26.3 Å². The van der Waals surface area contributed by atoms with Crippen LogP contribution in [-0.4, -0.2) is 28.9 Å². The van der Waals surface area contributed by atoms with E-state index in [2.05, 4.69) is 20.6 Å². The third-order valence-corrected chi connectivity index (χ3v) is 5.15. The Morgan fingerprint density at radius 1 is 0.941 bits per heavy atom. The number of nitrogens with zero attached hydrogens (tertiary/aromatic N) is 2. The maximum atomic E-state index is 14.0. The van der Waals surface area contributed by atoms with Gasteiger partial charge in [0.2, 0.25) is 0 Å². The number of pyridine rings is 2. The molecule has 7 nitrogen and oxygen atoms in total. The van der Waals surface area contributed by atoms with E-state index in [4.69, 9.17) is 4.74 Å². The highest BCUT2D eigenvalue weighted by molar-refractivity contribution is 6.10. The summed E-state index contributed by atoms with van der Waals surface area (Å²) in [6.07, 6.45) is 4.67. The molecule has 0 atom stereocenters. The third kappa shape index (κ3) is 4.91. The molecule has 2 heterocycles. The van der Waals surface area contributed by atoms with E-state index in [0.29, 0.717) is 28.4 Å². The van der Waals surface area contributed by atoms with Gasteiger partial charge in [0.1, 0.15) is 11.6 Å². The molecule has 0 saturated heterocycles. The molecule has 0 aliphatic rings. The van der Waals surface area contributed by atoms with E-state index in [1.54, 1.807) is 60.9 Å². The van der Waals surface area contributed by atoms with Crippen LogP contribution in [0.5, 0.6) is 5.75 Å². The molecule has 0 fully saturated rings. The highest BCUT2D eigenvalue weighted by Crippen LogP contribution is 2.24. The first kappa shape index (κ1) is 22.6. The zero-order valence-electron chi connectivity index (χ0n) is 18.5. The van der Waals surface area contributed by atoms with Gasteiger partial charge in [-0.15, -0.1) is 0 Å². The Hall–Kier alpha value is -4.59. The van der Waals surface area contributed by atoms with Gasteiger partial charge in [0.15, 0.2) is 0 Å². The number of nitrogens with one attached hydrogen (secondary N) is 2. The van der Waals surface area contributed by atoms with Gasteiger partial charge in [-0.25, -0.2) is 4.39 Å². The molecule has 2 N–H and O–H groups in total. The molecular formula is C26H21FN4O3. The van der Waals surface area contributed by atoms with Crippen LogP contribution in [0.3, 0.4) is 0 Å². The normalized spacial score (nSPS) is 10.4. The largest absolute Gasteiger partial charge is 0.496 e. The quantitative estimate of drug-likeness (QED) is 0.421. The van der Waals surface area contributed by atoms with E-state index in [-0.39, 0.29) is 16.9 Å². The number of anilines is 2. The van der Waals surface area contributed by atoms with Crippen LogP contribution < -0.4 is 15.4 Å². The molecule has 0 spiro atoms. The summed E-state index contributed by atoms with van der Waals surface area (Å²) >= 11 is 0. The second-order valence-electron chi connectivity index (χ2n) is 7.43. The molecular weight excluding hydrogens is 435 g/mol. The molecule has 170 valence electrons.